The monoisotopic (exact) mass is 344 g/mol. The Hall–Kier alpha value is -1.33. The Labute approximate surface area is 123 Å². The van der Waals surface area contributed by atoms with Crippen LogP contribution in [0, 0.1) is 5.82 Å². The zero-order valence-electron chi connectivity index (χ0n) is 10.1. The average molecular weight is 346 g/mol. The molecule has 0 aliphatic rings. The summed E-state index contributed by atoms with van der Waals surface area (Å²) in [6, 6.07) is 8.07. The van der Waals surface area contributed by atoms with Crippen molar-refractivity contribution in [3.8, 4) is 5.75 Å². The van der Waals surface area contributed by atoms with Crippen molar-refractivity contribution in [3.05, 3.63) is 51.3 Å². The molecule has 2 rings (SSSR count). The number of anilines is 1. The maximum atomic E-state index is 13.3. The molecule has 0 spiro atoms. The van der Waals surface area contributed by atoms with E-state index in [1.54, 1.807) is 31.3 Å². The minimum Gasteiger partial charge on any atom is -0.487 e. The first-order valence-corrected chi connectivity index (χ1v) is 6.68. The predicted molar refractivity (Wildman–Crippen MR) is 77.2 cm³/mol. The molecule has 1 aromatic heterocycles. The maximum absolute atomic E-state index is 13.3. The highest BCUT2D eigenvalue weighted by Gasteiger charge is 2.06. The van der Waals surface area contributed by atoms with Gasteiger partial charge in [-0.25, -0.2) is 9.37 Å². The topological polar surface area (TPSA) is 34.1 Å². The predicted octanol–water partition coefficient (Wildman–Crippen LogP) is 4.26. The summed E-state index contributed by atoms with van der Waals surface area (Å²) in [6.45, 7) is 0.176. The number of halogens is 3. The number of hydrogen-bond donors (Lipinski definition) is 1. The van der Waals surface area contributed by atoms with Gasteiger partial charge in [0.2, 0.25) is 0 Å². The summed E-state index contributed by atoms with van der Waals surface area (Å²) >= 11 is 9.11. The second-order valence-electron chi connectivity index (χ2n) is 3.74. The summed E-state index contributed by atoms with van der Waals surface area (Å²) in [5, 5.41) is 3.43. The van der Waals surface area contributed by atoms with Crippen LogP contribution in [0.2, 0.25) is 5.02 Å². The van der Waals surface area contributed by atoms with Crippen LogP contribution >= 0.6 is 27.5 Å². The van der Waals surface area contributed by atoms with Gasteiger partial charge in [0.25, 0.3) is 0 Å². The molecule has 0 radical (unpaired) electrons. The lowest BCUT2D eigenvalue weighted by atomic mass is 10.3. The standard InChI is InChI=1S/C13H11BrClFN2O/c1-17-13-5-4-10(15)12(18-13)7-19-8-2-3-9(14)11(16)6-8/h2-6H,7H2,1H3,(H,17,18). The minimum atomic E-state index is -0.375. The third kappa shape index (κ3) is 3.58. The normalized spacial score (nSPS) is 10.3. The van der Waals surface area contributed by atoms with Gasteiger partial charge in [-0.1, -0.05) is 11.6 Å². The summed E-state index contributed by atoms with van der Waals surface area (Å²) in [6.07, 6.45) is 0. The highest BCUT2D eigenvalue weighted by atomic mass is 79.9. The molecule has 0 bridgehead atoms. The third-order valence-electron chi connectivity index (χ3n) is 2.44. The molecule has 0 aliphatic heterocycles. The van der Waals surface area contributed by atoms with E-state index in [9.17, 15) is 4.39 Å². The molecule has 1 aromatic carbocycles. The number of nitrogens with one attached hydrogen (secondary N) is 1. The van der Waals surface area contributed by atoms with Gasteiger partial charge in [-0.2, -0.15) is 0 Å². The highest BCUT2D eigenvalue weighted by Crippen LogP contribution is 2.23. The number of nitrogens with zero attached hydrogens (tertiary/aromatic N) is 1. The summed E-state index contributed by atoms with van der Waals surface area (Å²) in [4.78, 5) is 4.27. The zero-order valence-corrected chi connectivity index (χ0v) is 12.4. The molecule has 1 N–H and O–H groups in total. The van der Waals surface area contributed by atoms with Crippen molar-refractivity contribution >= 4 is 33.3 Å². The van der Waals surface area contributed by atoms with Gasteiger partial charge < -0.3 is 10.1 Å². The van der Waals surface area contributed by atoms with Crippen LogP contribution in [0.25, 0.3) is 0 Å². The molecule has 1 heterocycles. The summed E-state index contributed by atoms with van der Waals surface area (Å²) in [5.74, 6) is 0.749. The number of aromatic nitrogens is 1. The van der Waals surface area contributed by atoms with Crippen molar-refractivity contribution in [1.82, 2.24) is 4.98 Å². The summed E-state index contributed by atoms with van der Waals surface area (Å²) in [7, 11) is 1.77. The average Bonchev–Trinajstić information content (AvgIpc) is 2.41. The Balaban J connectivity index is 2.11. The van der Waals surface area contributed by atoms with Crippen LogP contribution in [0.4, 0.5) is 10.2 Å². The van der Waals surface area contributed by atoms with Crippen molar-refractivity contribution < 1.29 is 9.13 Å². The second kappa shape index (κ2) is 6.21. The summed E-state index contributed by atoms with van der Waals surface area (Å²) in [5.41, 5.74) is 0.594. The van der Waals surface area contributed by atoms with Crippen LogP contribution in [0.15, 0.2) is 34.8 Å². The van der Waals surface area contributed by atoms with Gasteiger partial charge in [-0.05, 0) is 40.2 Å². The molecule has 0 saturated carbocycles. The lowest BCUT2D eigenvalue weighted by Crippen LogP contribution is -2.02. The third-order valence-corrected chi connectivity index (χ3v) is 3.43. The van der Waals surface area contributed by atoms with Crippen molar-refractivity contribution in [2.75, 3.05) is 12.4 Å². The largest absolute Gasteiger partial charge is 0.487 e. The van der Waals surface area contributed by atoms with E-state index in [4.69, 9.17) is 16.3 Å². The molecule has 0 unspecified atom stereocenters. The van der Waals surface area contributed by atoms with Crippen molar-refractivity contribution in [2.24, 2.45) is 0 Å². The maximum Gasteiger partial charge on any atom is 0.141 e. The Morgan fingerprint density at radius 2 is 2.16 bits per heavy atom. The van der Waals surface area contributed by atoms with Crippen molar-refractivity contribution in [3.63, 3.8) is 0 Å². The molecule has 2 aromatic rings. The quantitative estimate of drug-likeness (QED) is 0.899. The number of hydrogen-bond acceptors (Lipinski definition) is 3. The van der Waals surface area contributed by atoms with Gasteiger partial charge in [0.1, 0.15) is 24.0 Å². The van der Waals surface area contributed by atoms with E-state index in [1.165, 1.54) is 6.07 Å². The first-order valence-electron chi connectivity index (χ1n) is 5.51. The molecule has 0 fully saturated rings. The molecule has 0 saturated heterocycles. The lowest BCUT2D eigenvalue weighted by Gasteiger charge is -2.09. The zero-order chi connectivity index (χ0) is 13.8. The van der Waals surface area contributed by atoms with E-state index in [-0.39, 0.29) is 12.4 Å². The van der Waals surface area contributed by atoms with Gasteiger partial charge in [0.15, 0.2) is 0 Å². The Morgan fingerprint density at radius 1 is 1.37 bits per heavy atom. The van der Waals surface area contributed by atoms with E-state index in [0.29, 0.717) is 26.8 Å². The lowest BCUT2D eigenvalue weighted by molar-refractivity contribution is 0.300. The SMILES string of the molecule is CNc1ccc(Cl)c(COc2ccc(Br)c(F)c2)n1. The molecule has 3 nitrogen and oxygen atoms in total. The van der Waals surface area contributed by atoms with Crippen molar-refractivity contribution in [2.45, 2.75) is 6.61 Å². The van der Waals surface area contributed by atoms with Crippen LogP contribution in [0.5, 0.6) is 5.75 Å². The van der Waals surface area contributed by atoms with Crippen LogP contribution in [0.3, 0.4) is 0 Å². The fraction of sp³-hybridized carbons (Fsp3) is 0.154. The van der Waals surface area contributed by atoms with E-state index >= 15 is 0 Å². The van der Waals surface area contributed by atoms with Crippen LogP contribution < -0.4 is 10.1 Å². The molecule has 0 aliphatic carbocycles. The van der Waals surface area contributed by atoms with Crippen LogP contribution in [-0.2, 0) is 6.61 Å². The van der Waals surface area contributed by atoms with Crippen LogP contribution in [-0.4, -0.2) is 12.0 Å². The van der Waals surface area contributed by atoms with Gasteiger partial charge in [-0.3, -0.25) is 0 Å². The smallest absolute Gasteiger partial charge is 0.141 e. The second-order valence-corrected chi connectivity index (χ2v) is 5.00. The fourth-order valence-electron chi connectivity index (χ4n) is 1.44. The van der Waals surface area contributed by atoms with Gasteiger partial charge in [0, 0.05) is 13.1 Å². The Morgan fingerprint density at radius 3 is 2.84 bits per heavy atom. The Bertz CT molecular complexity index is 595. The molecular formula is C13H11BrClFN2O. The Kier molecular flexibility index (Phi) is 4.61. The van der Waals surface area contributed by atoms with Gasteiger partial charge in [0.05, 0.1) is 15.2 Å². The highest BCUT2D eigenvalue weighted by molar-refractivity contribution is 9.10. The minimum absolute atomic E-state index is 0.176. The first kappa shape index (κ1) is 14.1. The molecule has 6 heteroatoms. The molecule has 100 valence electrons. The molecular weight excluding hydrogens is 335 g/mol. The number of ether oxygens (including phenoxy) is 1. The molecule has 19 heavy (non-hydrogen) atoms. The van der Waals surface area contributed by atoms with Crippen molar-refractivity contribution in [1.29, 1.82) is 0 Å². The number of pyridine rings is 1. The summed E-state index contributed by atoms with van der Waals surface area (Å²) < 4.78 is 19.2. The van der Waals surface area contributed by atoms with Gasteiger partial charge in [-0.15, -0.1) is 0 Å². The van der Waals surface area contributed by atoms with E-state index in [1.807, 2.05) is 0 Å². The molecule has 0 amide bonds. The van der Waals surface area contributed by atoms with Crippen LogP contribution in [0.1, 0.15) is 5.69 Å². The first-order chi connectivity index (χ1) is 9.10. The van der Waals surface area contributed by atoms with E-state index in [2.05, 4.69) is 26.2 Å². The van der Waals surface area contributed by atoms with Gasteiger partial charge >= 0.3 is 0 Å². The van der Waals surface area contributed by atoms with E-state index < -0.39 is 0 Å². The van der Waals surface area contributed by atoms with E-state index in [0.717, 1.165) is 0 Å². The fourth-order valence-corrected chi connectivity index (χ4v) is 1.85. The number of rotatable bonds is 4. The molecule has 0 atom stereocenters. The number of benzene rings is 1.